The molecule has 8 nitrogen and oxygen atoms in total. The summed E-state index contributed by atoms with van der Waals surface area (Å²) in [6, 6.07) is 12.0. The van der Waals surface area contributed by atoms with E-state index >= 15 is 0 Å². The molecule has 2 aromatic carbocycles. The number of ether oxygens (including phenoxy) is 3. The summed E-state index contributed by atoms with van der Waals surface area (Å²) in [5.74, 6) is 2.86. The zero-order chi connectivity index (χ0) is 23.3. The first-order chi connectivity index (χ1) is 15.5. The molecule has 0 aliphatic heterocycles. The van der Waals surface area contributed by atoms with E-state index in [0.717, 1.165) is 10.0 Å². The highest BCUT2D eigenvalue weighted by molar-refractivity contribution is 9.10. The van der Waals surface area contributed by atoms with Crippen molar-refractivity contribution in [1.29, 1.82) is 0 Å². The Kier molecular flexibility index (Phi) is 10.1. The first-order valence-electron chi connectivity index (χ1n) is 9.72. The van der Waals surface area contributed by atoms with Gasteiger partial charge in [0, 0.05) is 10.0 Å². The van der Waals surface area contributed by atoms with Crippen LogP contribution in [-0.2, 0) is 9.53 Å². The lowest BCUT2D eigenvalue weighted by Crippen LogP contribution is -2.33. The molecule has 0 aliphatic rings. The second-order valence-electron chi connectivity index (χ2n) is 6.34. The van der Waals surface area contributed by atoms with Crippen LogP contribution in [0.4, 0.5) is 4.79 Å². The van der Waals surface area contributed by atoms with Crippen molar-refractivity contribution in [3.63, 3.8) is 0 Å². The Balaban J connectivity index is 2.12. The lowest BCUT2D eigenvalue weighted by Gasteiger charge is -2.18. The molecule has 0 aliphatic carbocycles. The minimum atomic E-state index is -0.603. The molecule has 0 saturated carbocycles. The van der Waals surface area contributed by atoms with Gasteiger partial charge in [-0.3, -0.25) is 4.79 Å². The molecule has 0 aromatic heterocycles. The molecule has 0 saturated heterocycles. The van der Waals surface area contributed by atoms with E-state index < -0.39 is 18.0 Å². The number of alkyl carbamates (subject to hydrolysis) is 1. The molecular weight excluding hydrogens is 478 g/mol. The fraction of sp³-hybridized carbons (Fsp3) is 0.261. The van der Waals surface area contributed by atoms with Crippen LogP contribution in [0.5, 0.6) is 11.5 Å². The molecule has 32 heavy (non-hydrogen) atoms. The monoisotopic (exact) mass is 501 g/mol. The number of nitrogens with zero attached hydrogens (tertiary/aromatic N) is 1. The molecule has 0 heterocycles. The van der Waals surface area contributed by atoms with Gasteiger partial charge in [0.2, 0.25) is 5.91 Å². The van der Waals surface area contributed by atoms with E-state index in [-0.39, 0.29) is 19.6 Å². The second-order valence-corrected chi connectivity index (χ2v) is 7.26. The maximum absolute atomic E-state index is 12.5. The Morgan fingerprint density at radius 2 is 2.03 bits per heavy atom. The Morgan fingerprint density at radius 1 is 1.28 bits per heavy atom. The molecule has 2 aromatic rings. The number of halogens is 1. The van der Waals surface area contributed by atoms with Gasteiger partial charge in [-0.15, -0.1) is 6.42 Å². The van der Waals surface area contributed by atoms with Crippen molar-refractivity contribution < 1.29 is 23.8 Å². The first-order valence-corrected chi connectivity index (χ1v) is 10.5. The lowest BCUT2D eigenvalue weighted by atomic mass is 10.0. The van der Waals surface area contributed by atoms with Crippen molar-refractivity contribution in [2.75, 3.05) is 20.3 Å². The topological polar surface area (TPSA) is 98.2 Å². The summed E-state index contributed by atoms with van der Waals surface area (Å²) < 4.78 is 16.6. The van der Waals surface area contributed by atoms with E-state index in [1.807, 2.05) is 30.3 Å². The lowest BCUT2D eigenvalue weighted by molar-refractivity contribution is -0.121. The Bertz CT molecular complexity index is 989. The van der Waals surface area contributed by atoms with Crippen molar-refractivity contribution >= 4 is 34.1 Å². The Labute approximate surface area is 195 Å². The number of terminal acetylenes is 1. The highest BCUT2D eigenvalue weighted by atomic mass is 79.9. The van der Waals surface area contributed by atoms with Gasteiger partial charge in [0.25, 0.3) is 0 Å². The number of hydrogen-bond acceptors (Lipinski definition) is 6. The summed E-state index contributed by atoms with van der Waals surface area (Å²) in [6.45, 7) is 1.98. The molecule has 1 atom stereocenters. The van der Waals surface area contributed by atoms with Crippen molar-refractivity contribution in [2.24, 2.45) is 5.10 Å². The van der Waals surface area contributed by atoms with Crippen LogP contribution in [-0.4, -0.2) is 38.5 Å². The second kappa shape index (κ2) is 13.0. The van der Waals surface area contributed by atoms with Crippen LogP contribution in [0.1, 0.15) is 30.5 Å². The van der Waals surface area contributed by atoms with Crippen LogP contribution < -0.4 is 20.2 Å². The predicted octanol–water partition coefficient (Wildman–Crippen LogP) is 3.80. The van der Waals surface area contributed by atoms with Crippen molar-refractivity contribution in [3.8, 4) is 23.8 Å². The molecule has 168 valence electrons. The first kappa shape index (κ1) is 24.8. The highest BCUT2D eigenvalue weighted by Crippen LogP contribution is 2.34. The van der Waals surface area contributed by atoms with Gasteiger partial charge in [-0.2, -0.15) is 5.10 Å². The summed E-state index contributed by atoms with van der Waals surface area (Å²) in [5.41, 5.74) is 3.78. The normalized spacial score (nSPS) is 11.3. The van der Waals surface area contributed by atoms with Crippen LogP contribution >= 0.6 is 15.9 Å². The zero-order valence-electron chi connectivity index (χ0n) is 17.8. The van der Waals surface area contributed by atoms with E-state index in [2.05, 4.69) is 37.7 Å². The number of hydrogen-bond donors (Lipinski definition) is 2. The maximum atomic E-state index is 12.5. The summed E-state index contributed by atoms with van der Waals surface area (Å²) in [7, 11) is 1.51. The quantitative estimate of drug-likeness (QED) is 0.293. The Morgan fingerprint density at radius 3 is 2.69 bits per heavy atom. The summed E-state index contributed by atoms with van der Waals surface area (Å²) in [6.07, 6.45) is 6.06. The number of amides is 2. The Hall–Kier alpha value is -3.51. The van der Waals surface area contributed by atoms with Crippen LogP contribution in [0.25, 0.3) is 0 Å². The van der Waals surface area contributed by atoms with Gasteiger partial charge in [0.05, 0.1) is 32.4 Å². The fourth-order valence-corrected chi connectivity index (χ4v) is 3.22. The van der Waals surface area contributed by atoms with Crippen LogP contribution in [0.2, 0.25) is 0 Å². The average molecular weight is 502 g/mol. The number of benzene rings is 2. The third kappa shape index (κ3) is 7.63. The number of carbonyl (C=O) groups is 2. The van der Waals surface area contributed by atoms with Crippen LogP contribution in [0.3, 0.4) is 0 Å². The number of carbonyl (C=O) groups excluding carboxylic acids is 2. The van der Waals surface area contributed by atoms with Gasteiger partial charge in [-0.1, -0.05) is 52.2 Å². The van der Waals surface area contributed by atoms with E-state index in [1.165, 1.54) is 13.3 Å². The summed E-state index contributed by atoms with van der Waals surface area (Å²) >= 11 is 3.39. The molecule has 2 rings (SSSR count). The van der Waals surface area contributed by atoms with Gasteiger partial charge in [-0.05, 0) is 24.6 Å². The zero-order valence-corrected chi connectivity index (χ0v) is 19.3. The van der Waals surface area contributed by atoms with E-state index in [4.69, 9.17) is 20.6 Å². The predicted molar refractivity (Wildman–Crippen MR) is 125 cm³/mol. The molecule has 2 amide bonds. The number of nitrogens with one attached hydrogen (secondary N) is 2. The SMILES string of the molecule is C#CCOc1c(/C=N\NC(=O)C[C@@H](NC(=O)OCC)c2ccccc2)cc(Br)cc1OC. The number of rotatable bonds is 10. The minimum Gasteiger partial charge on any atom is -0.493 e. The van der Waals surface area contributed by atoms with Gasteiger partial charge >= 0.3 is 6.09 Å². The third-order valence-electron chi connectivity index (χ3n) is 4.12. The van der Waals surface area contributed by atoms with E-state index in [0.29, 0.717) is 17.1 Å². The molecule has 0 fully saturated rings. The van der Waals surface area contributed by atoms with Crippen molar-refractivity contribution in [2.45, 2.75) is 19.4 Å². The average Bonchev–Trinajstić information content (AvgIpc) is 2.78. The molecule has 9 heteroatoms. The molecule has 0 unspecified atom stereocenters. The highest BCUT2D eigenvalue weighted by Gasteiger charge is 2.19. The van der Waals surface area contributed by atoms with E-state index in [9.17, 15) is 9.59 Å². The minimum absolute atomic E-state index is 0.0393. The molecular formula is C23H24BrN3O5. The van der Waals surface area contributed by atoms with Gasteiger partial charge in [0.15, 0.2) is 11.5 Å². The standard InChI is InChI=1S/C23H24BrN3O5/c1-4-11-32-22-17(12-18(24)13-20(22)30-3)15-25-27-21(28)14-19(26-23(29)31-5-2)16-9-7-6-8-10-16/h1,6-10,12-13,15,19H,5,11,14H2,2-3H3,(H,26,29)(H,27,28)/b25-15-/t19-/m1/s1. The van der Waals surface area contributed by atoms with Crippen LogP contribution in [0, 0.1) is 12.3 Å². The van der Waals surface area contributed by atoms with E-state index in [1.54, 1.807) is 19.1 Å². The number of hydrazone groups is 1. The third-order valence-corrected chi connectivity index (χ3v) is 4.58. The summed E-state index contributed by atoms with van der Waals surface area (Å²) in [5, 5.41) is 6.71. The molecule has 0 bridgehead atoms. The van der Waals surface area contributed by atoms with Crippen LogP contribution in [0.15, 0.2) is 52.0 Å². The fourth-order valence-electron chi connectivity index (χ4n) is 2.76. The summed E-state index contributed by atoms with van der Waals surface area (Å²) in [4.78, 5) is 24.4. The smallest absolute Gasteiger partial charge is 0.407 e. The maximum Gasteiger partial charge on any atom is 0.407 e. The van der Waals surface area contributed by atoms with Gasteiger partial charge in [0.1, 0.15) is 6.61 Å². The molecule has 2 N–H and O–H groups in total. The molecule has 0 radical (unpaired) electrons. The van der Waals surface area contributed by atoms with Crippen molar-refractivity contribution in [1.82, 2.24) is 10.7 Å². The van der Waals surface area contributed by atoms with Crippen molar-refractivity contribution in [3.05, 3.63) is 58.1 Å². The molecule has 0 spiro atoms. The van der Waals surface area contributed by atoms with Gasteiger partial charge in [-0.25, -0.2) is 10.2 Å². The number of methoxy groups -OCH3 is 1. The largest absolute Gasteiger partial charge is 0.493 e. The van der Waals surface area contributed by atoms with Gasteiger partial charge < -0.3 is 19.5 Å².